The maximum Gasteiger partial charge on any atom is 0.404 e. The van der Waals surface area contributed by atoms with Gasteiger partial charge in [0.05, 0.1) is 19.7 Å². The molecule has 6 aliphatic rings. The zero-order valence-electron chi connectivity index (χ0n) is 14.5. The Morgan fingerprint density at radius 3 is 2.62 bits per heavy atom. The van der Waals surface area contributed by atoms with Crippen LogP contribution in [0.4, 0.5) is 4.79 Å². The number of ketones is 2. The summed E-state index contributed by atoms with van der Waals surface area (Å²) in [7, 11) is 2.95. The van der Waals surface area contributed by atoms with Crippen molar-refractivity contribution in [2.45, 2.75) is 34.7 Å². The first-order valence-electron chi connectivity index (χ1n) is 8.42. The smallest absolute Gasteiger partial charge is 0.404 e. The van der Waals surface area contributed by atoms with Crippen molar-refractivity contribution in [1.82, 2.24) is 4.90 Å². The second-order valence-corrected chi connectivity index (χ2v) is 8.77. The molecule has 0 aromatic rings. The fraction of sp³-hybridized carbons (Fsp3) is 0.688. The number of quaternary nitrogens is 1. The number of ether oxygens (including phenoxy) is 3. The molecular weight excluding hydrogens is 410 g/mol. The van der Waals surface area contributed by atoms with Crippen LogP contribution in [0.2, 0.25) is 0 Å². The number of amides is 1. The summed E-state index contributed by atoms with van der Waals surface area (Å²) in [4.78, 5) is 41.3. The SMILES string of the molecule is COC1=C(C)C(=O)[C@@]23N4[C@@H]5C[NH+]2[C@](OC)([C@H]54)[C@H](COC(N)=O)[C@@]3(Br)C1=O. The number of Topliss-reactive ketones (excluding diaryl/α,β-unsaturated/α-hetero) is 2. The van der Waals surface area contributed by atoms with Crippen LogP contribution in [0.15, 0.2) is 11.3 Å². The number of nitrogens with one attached hydrogen (secondary N) is 1. The molecule has 6 rings (SSSR count). The molecule has 9 nitrogen and oxygen atoms in total. The molecule has 0 aromatic heterocycles. The normalized spacial score (nSPS) is 52.4. The molecule has 5 heterocycles. The van der Waals surface area contributed by atoms with Crippen LogP contribution in [0.5, 0.6) is 0 Å². The number of alkyl halides is 1. The van der Waals surface area contributed by atoms with Crippen molar-refractivity contribution in [3.8, 4) is 0 Å². The van der Waals surface area contributed by atoms with Gasteiger partial charge in [-0.2, -0.15) is 0 Å². The van der Waals surface area contributed by atoms with Gasteiger partial charge in [-0.05, 0) is 6.92 Å². The third-order valence-corrected chi connectivity index (χ3v) is 8.57. The number of hydrogen-bond acceptors (Lipinski definition) is 7. The minimum Gasteiger partial charge on any atom is -0.493 e. The Bertz CT molecular complexity index is 831. The van der Waals surface area contributed by atoms with Gasteiger partial charge in [-0.1, -0.05) is 15.9 Å². The Morgan fingerprint density at radius 1 is 1.38 bits per heavy atom. The largest absolute Gasteiger partial charge is 0.493 e. The number of hydrogen-bond donors (Lipinski definition) is 2. The van der Waals surface area contributed by atoms with Gasteiger partial charge < -0.3 is 19.9 Å². The van der Waals surface area contributed by atoms with Crippen LogP contribution in [-0.2, 0) is 23.8 Å². The van der Waals surface area contributed by atoms with Crippen LogP contribution in [-0.4, -0.2) is 77.7 Å². The Balaban J connectivity index is 1.76. The summed E-state index contributed by atoms with van der Waals surface area (Å²) in [6.07, 6.45) is -0.928. The molecule has 140 valence electrons. The topological polar surface area (TPSA) is 112 Å². The molecule has 0 saturated carbocycles. The molecule has 0 radical (unpaired) electrons. The summed E-state index contributed by atoms with van der Waals surface area (Å²) >= 11 is 3.65. The number of halogens is 1. The number of nitrogens with two attached hydrogens (primary N) is 1. The average Bonchev–Trinajstić information content (AvgIpc) is 2.90. The zero-order chi connectivity index (χ0) is 18.8. The molecule has 1 aliphatic carbocycles. The van der Waals surface area contributed by atoms with Crippen molar-refractivity contribution in [3.05, 3.63) is 11.3 Å². The van der Waals surface area contributed by atoms with Crippen LogP contribution < -0.4 is 10.6 Å². The van der Waals surface area contributed by atoms with Gasteiger partial charge in [0.15, 0.2) is 10.1 Å². The highest BCUT2D eigenvalue weighted by atomic mass is 79.9. The van der Waals surface area contributed by atoms with E-state index in [0.29, 0.717) is 12.1 Å². The lowest BCUT2D eigenvalue weighted by atomic mass is 9.69. The van der Waals surface area contributed by atoms with E-state index in [4.69, 9.17) is 19.9 Å². The van der Waals surface area contributed by atoms with E-state index in [-0.39, 0.29) is 36.0 Å². The first-order chi connectivity index (χ1) is 12.3. The molecule has 5 fully saturated rings. The standard InChI is InChI=1S/C16H18BrN3O6/c1-6-9(24-2)12(22)14(17)8(5-26-13(18)23)15(25-3)10-7-4-19(15)16(14,11(6)21)20(7)10/h7-8,10H,4-5H2,1-3H3,(H2,18,23)/p+1/t7-,8-,10+,14-,15-,16+,20?/m1/s1. The second-order valence-electron chi connectivity index (χ2n) is 7.52. The van der Waals surface area contributed by atoms with Crippen molar-refractivity contribution < 1.29 is 33.5 Å². The number of piperidine rings is 1. The van der Waals surface area contributed by atoms with Gasteiger partial charge in [-0.3, -0.25) is 14.5 Å². The van der Waals surface area contributed by atoms with Crippen LogP contribution in [0.3, 0.4) is 0 Å². The Hall–Kier alpha value is -1.49. The molecule has 2 unspecified atom stereocenters. The van der Waals surface area contributed by atoms with Crippen LogP contribution >= 0.6 is 15.9 Å². The predicted octanol–water partition coefficient (Wildman–Crippen LogP) is -2.08. The van der Waals surface area contributed by atoms with Crippen LogP contribution in [0.1, 0.15) is 6.92 Å². The highest BCUT2D eigenvalue weighted by Crippen LogP contribution is 2.69. The van der Waals surface area contributed by atoms with E-state index in [2.05, 4.69) is 20.8 Å². The lowest BCUT2D eigenvalue weighted by Crippen LogP contribution is -3.23. The van der Waals surface area contributed by atoms with Crippen molar-refractivity contribution in [2.24, 2.45) is 11.7 Å². The van der Waals surface area contributed by atoms with Crippen LogP contribution in [0.25, 0.3) is 0 Å². The summed E-state index contributed by atoms with van der Waals surface area (Å²) in [6, 6.07) is 0.192. The summed E-state index contributed by atoms with van der Waals surface area (Å²) in [5, 5.41) is 0. The van der Waals surface area contributed by atoms with Gasteiger partial charge in [0.25, 0.3) is 0 Å². The molecule has 5 aliphatic heterocycles. The fourth-order valence-electron chi connectivity index (χ4n) is 6.43. The van der Waals surface area contributed by atoms with Crippen molar-refractivity contribution in [2.75, 3.05) is 27.4 Å². The summed E-state index contributed by atoms with van der Waals surface area (Å²) in [6.45, 7) is 2.20. The van der Waals surface area contributed by atoms with E-state index in [0.717, 1.165) is 4.90 Å². The highest BCUT2D eigenvalue weighted by molar-refractivity contribution is 9.10. The zero-order valence-corrected chi connectivity index (χ0v) is 16.1. The van der Waals surface area contributed by atoms with Gasteiger partial charge in [-0.15, -0.1) is 0 Å². The number of carbonyl (C=O) groups excluding carboxylic acids is 3. The molecule has 3 N–H and O–H groups in total. The van der Waals surface area contributed by atoms with Crippen molar-refractivity contribution in [1.29, 1.82) is 0 Å². The average molecular weight is 429 g/mol. The summed E-state index contributed by atoms with van der Waals surface area (Å²) in [5.41, 5.74) is 3.56. The number of rotatable bonds is 4. The van der Waals surface area contributed by atoms with Gasteiger partial charge in [-0.25, -0.2) is 9.69 Å². The van der Waals surface area contributed by atoms with Crippen molar-refractivity contribution >= 4 is 33.6 Å². The summed E-state index contributed by atoms with van der Waals surface area (Å²) in [5.74, 6) is -1.01. The van der Waals surface area contributed by atoms with Gasteiger partial charge in [0.2, 0.25) is 23.0 Å². The lowest BCUT2D eigenvalue weighted by Gasteiger charge is -2.43. The minimum atomic E-state index is -1.31. The van der Waals surface area contributed by atoms with E-state index >= 15 is 0 Å². The number of allylic oxidation sites excluding steroid dienone is 1. The highest BCUT2D eigenvalue weighted by Gasteiger charge is 3.04. The van der Waals surface area contributed by atoms with E-state index in [1.165, 1.54) is 7.11 Å². The van der Waals surface area contributed by atoms with Crippen molar-refractivity contribution in [3.63, 3.8) is 0 Å². The first kappa shape index (κ1) is 16.7. The Morgan fingerprint density at radius 2 is 2.08 bits per heavy atom. The molecule has 1 amide bonds. The Labute approximate surface area is 157 Å². The number of methoxy groups -OCH3 is 2. The summed E-state index contributed by atoms with van der Waals surface area (Å²) < 4.78 is 15.1. The molecule has 0 aromatic carbocycles. The second kappa shape index (κ2) is 4.49. The van der Waals surface area contributed by atoms with E-state index in [1.54, 1.807) is 14.0 Å². The lowest BCUT2D eigenvalue weighted by molar-refractivity contribution is -0.974. The number of primary amides is 1. The van der Waals surface area contributed by atoms with E-state index in [9.17, 15) is 14.4 Å². The third kappa shape index (κ3) is 1.24. The predicted molar refractivity (Wildman–Crippen MR) is 88.1 cm³/mol. The van der Waals surface area contributed by atoms with E-state index in [1.807, 2.05) is 0 Å². The van der Waals surface area contributed by atoms with Gasteiger partial charge in [0.1, 0.15) is 18.6 Å². The monoisotopic (exact) mass is 428 g/mol. The molecule has 5 saturated heterocycles. The molecule has 8 atom stereocenters. The van der Waals surface area contributed by atoms with Gasteiger partial charge in [0, 0.05) is 12.7 Å². The maximum absolute atomic E-state index is 13.6. The third-order valence-electron chi connectivity index (χ3n) is 7.09. The van der Waals surface area contributed by atoms with E-state index < -0.39 is 27.7 Å². The number of nitrogens with zero attached hydrogens (tertiary/aromatic N) is 1. The molecule has 26 heavy (non-hydrogen) atoms. The number of carbonyl (C=O) groups is 3. The molecule has 6 bridgehead atoms. The molecule has 1 spiro atoms. The first-order valence-corrected chi connectivity index (χ1v) is 9.21. The fourth-order valence-corrected chi connectivity index (χ4v) is 7.71. The number of piperazine rings is 1. The minimum absolute atomic E-state index is 0.0169. The van der Waals surface area contributed by atoms with Gasteiger partial charge >= 0.3 is 6.09 Å². The quantitative estimate of drug-likeness (QED) is 0.390. The molecule has 10 heteroatoms. The Kier molecular flexibility index (Phi) is 2.88. The maximum atomic E-state index is 13.6. The molecular formula is C16H19BrN3O6+. The van der Waals surface area contributed by atoms with Crippen LogP contribution in [0, 0.1) is 5.92 Å².